The van der Waals surface area contributed by atoms with Gasteiger partial charge in [-0.05, 0) is 30.9 Å². The van der Waals surface area contributed by atoms with E-state index in [-0.39, 0.29) is 6.61 Å². The molecule has 4 heteroatoms. The second-order valence-corrected chi connectivity index (χ2v) is 4.12. The van der Waals surface area contributed by atoms with Crippen molar-refractivity contribution in [2.24, 2.45) is 5.92 Å². The molecule has 1 aliphatic rings. The molecule has 2 rings (SSSR count). The van der Waals surface area contributed by atoms with E-state index in [0.717, 1.165) is 31.7 Å². The van der Waals surface area contributed by atoms with Crippen LogP contribution < -0.4 is 4.90 Å². The van der Waals surface area contributed by atoms with E-state index in [0.29, 0.717) is 11.5 Å². The Morgan fingerprint density at radius 3 is 3.25 bits per heavy atom. The molecular weight excluding hydrogens is 202 g/mol. The molecule has 1 N–H and O–H groups in total. The van der Waals surface area contributed by atoms with Gasteiger partial charge in [-0.25, -0.2) is 4.98 Å². The number of hydrogen-bond donors (Lipinski definition) is 1. The van der Waals surface area contributed by atoms with Crippen molar-refractivity contribution in [3.8, 4) is 6.07 Å². The van der Waals surface area contributed by atoms with Gasteiger partial charge < -0.3 is 10.0 Å². The Morgan fingerprint density at radius 2 is 2.50 bits per heavy atom. The molecule has 2 heterocycles. The van der Waals surface area contributed by atoms with Crippen LogP contribution in [0.2, 0.25) is 0 Å². The van der Waals surface area contributed by atoms with Crippen molar-refractivity contribution in [2.45, 2.75) is 12.8 Å². The first-order valence-electron chi connectivity index (χ1n) is 5.56. The van der Waals surface area contributed by atoms with E-state index in [2.05, 4.69) is 16.0 Å². The van der Waals surface area contributed by atoms with Crippen LogP contribution in [0, 0.1) is 17.2 Å². The molecule has 0 bridgehead atoms. The van der Waals surface area contributed by atoms with Gasteiger partial charge in [0.1, 0.15) is 11.9 Å². The molecular formula is C12H15N3O. The van der Waals surface area contributed by atoms with Crippen LogP contribution in [-0.4, -0.2) is 29.8 Å². The molecule has 0 amide bonds. The Balaban J connectivity index is 2.20. The maximum Gasteiger partial charge on any atom is 0.146 e. The zero-order valence-electron chi connectivity index (χ0n) is 9.13. The summed E-state index contributed by atoms with van der Waals surface area (Å²) in [5.41, 5.74) is 0.612. The lowest BCUT2D eigenvalue weighted by atomic mass is 9.99. The maximum atomic E-state index is 9.17. The van der Waals surface area contributed by atoms with E-state index >= 15 is 0 Å². The zero-order valence-corrected chi connectivity index (χ0v) is 9.13. The molecule has 1 saturated heterocycles. The molecule has 1 aromatic rings. The average molecular weight is 217 g/mol. The van der Waals surface area contributed by atoms with E-state index in [4.69, 9.17) is 5.26 Å². The van der Waals surface area contributed by atoms with Crippen molar-refractivity contribution in [2.75, 3.05) is 24.6 Å². The van der Waals surface area contributed by atoms with Gasteiger partial charge in [0.2, 0.25) is 0 Å². The van der Waals surface area contributed by atoms with Crippen molar-refractivity contribution >= 4 is 5.82 Å². The van der Waals surface area contributed by atoms with E-state index in [1.807, 2.05) is 0 Å². The standard InChI is InChI=1S/C12H15N3O/c13-7-11-4-1-5-14-12(11)15-6-2-3-10(8-15)9-16/h1,4-5,10,16H,2-3,6,8-9H2/t10-/m0/s1. The average Bonchev–Trinajstić information content (AvgIpc) is 2.38. The van der Waals surface area contributed by atoms with E-state index in [9.17, 15) is 5.11 Å². The van der Waals surface area contributed by atoms with Crippen LogP contribution >= 0.6 is 0 Å². The summed E-state index contributed by atoms with van der Waals surface area (Å²) in [6, 6.07) is 5.72. The lowest BCUT2D eigenvalue weighted by molar-refractivity contribution is 0.208. The SMILES string of the molecule is N#Cc1cccnc1N1CCC[C@H](CO)C1. The molecule has 1 aromatic heterocycles. The van der Waals surface area contributed by atoms with E-state index < -0.39 is 0 Å². The van der Waals surface area contributed by atoms with E-state index in [1.165, 1.54) is 0 Å². The van der Waals surface area contributed by atoms with Crippen molar-refractivity contribution < 1.29 is 5.11 Å². The lowest BCUT2D eigenvalue weighted by Gasteiger charge is -2.33. The van der Waals surface area contributed by atoms with Gasteiger partial charge in [-0.15, -0.1) is 0 Å². The number of hydrogen-bond acceptors (Lipinski definition) is 4. The highest BCUT2D eigenvalue weighted by atomic mass is 16.3. The Labute approximate surface area is 95.1 Å². The van der Waals surface area contributed by atoms with E-state index in [1.54, 1.807) is 18.3 Å². The number of anilines is 1. The van der Waals surface area contributed by atoms with Gasteiger partial charge in [0.05, 0.1) is 5.56 Å². The molecule has 0 unspecified atom stereocenters. The third-order valence-corrected chi connectivity index (χ3v) is 2.98. The van der Waals surface area contributed by atoms with Crippen molar-refractivity contribution in [1.82, 2.24) is 4.98 Å². The number of aromatic nitrogens is 1. The minimum Gasteiger partial charge on any atom is -0.396 e. The number of aliphatic hydroxyl groups excluding tert-OH is 1. The highest BCUT2D eigenvalue weighted by Crippen LogP contribution is 2.23. The van der Waals surface area contributed by atoms with Crippen LogP contribution in [-0.2, 0) is 0 Å². The molecule has 84 valence electrons. The molecule has 0 spiro atoms. The summed E-state index contributed by atoms with van der Waals surface area (Å²) in [6.45, 7) is 1.93. The van der Waals surface area contributed by atoms with Crippen LogP contribution in [0.5, 0.6) is 0 Å². The second-order valence-electron chi connectivity index (χ2n) is 4.12. The van der Waals surface area contributed by atoms with Gasteiger partial charge in [-0.1, -0.05) is 0 Å². The maximum absolute atomic E-state index is 9.17. The topological polar surface area (TPSA) is 60.2 Å². The minimum absolute atomic E-state index is 0.214. The van der Waals surface area contributed by atoms with Crippen LogP contribution in [0.4, 0.5) is 5.82 Å². The van der Waals surface area contributed by atoms with Crippen molar-refractivity contribution in [1.29, 1.82) is 5.26 Å². The first-order chi connectivity index (χ1) is 7.85. The number of nitrogens with zero attached hydrogens (tertiary/aromatic N) is 3. The van der Waals surface area contributed by atoms with Gasteiger partial charge in [-0.3, -0.25) is 0 Å². The lowest BCUT2D eigenvalue weighted by Crippen LogP contribution is -2.37. The van der Waals surface area contributed by atoms with Gasteiger partial charge in [0.15, 0.2) is 0 Å². The highest BCUT2D eigenvalue weighted by molar-refractivity contribution is 5.53. The van der Waals surface area contributed by atoms with Crippen LogP contribution in [0.1, 0.15) is 18.4 Å². The first-order valence-corrected chi connectivity index (χ1v) is 5.56. The summed E-state index contributed by atoms with van der Waals surface area (Å²) in [7, 11) is 0. The normalized spacial score (nSPS) is 20.5. The fraction of sp³-hybridized carbons (Fsp3) is 0.500. The van der Waals surface area contributed by atoms with Crippen LogP contribution in [0.15, 0.2) is 18.3 Å². The Hall–Kier alpha value is -1.60. The molecule has 1 fully saturated rings. The monoisotopic (exact) mass is 217 g/mol. The van der Waals surface area contributed by atoms with Crippen molar-refractivity contribution in [3.05, 3.63) is 23.9 Å². The van der Waals surface area contributed by atoms with Crippen LogP contribution in [0.3, 0.4) is 0 Å². The quantitative estimate of drug-likeness (QED) is 0.807. The fourth-order valence-corrected chi connectivity index (χ4v) is 2.14. The summed E-state index contributed by atoms with van der Waals surface area (Å²) < 4.78 is 0. The third kappa shape index (κ3) is 2.15. The smallest absolute Gasteiger partial charge is 0.146 e. The third-order valence-electron chi connectivity index (χ3n) is 2.98. The molecule has 0 radical (unpaired) electrons. The van der Waals surface area contributed by atoms with Gasteiger partial charge in [0, 0.05) is 25.9 Å². The number of aliphatic hydroxyl groups is 1. The predicted octanol–water partition coefficient (Wildman–Crippen LogP) is 1.16. The number of pyridine rings is 1. The Morgan fingerprint density at radius 1 is 1.62 bits per heavy atom. The van der Waals surface area contributed by atoms with Crippen molar-refractivity contribution in [3.63, 3.8) is 0 Å². The predicted molar refractivity (Wildman–Crippen MR) is 61.0 cm³/mol. The molecule has 0 saturated carbocycles. The molecule has 1 aliphatic heterocycles. The summed E-state index contributed by atoms with van der Waals surface area (Å²) in [5.74, 6) is 1.06. The highest BCUT2D eigenvalue weighted by Gasteiger charge is 2.21. The second kappa shape index (κ2) is 4.95. The molecule has 4 nitrogen and oxygen atoms in total. The van der Waals surface area contributed by atoms with Gasteiger partial charge in [-0.2, -0.15) is 5.26 Å². The Kier molecular flexibility index (Phi) is 3.37. The number of piperidine rings is 1. The molecule has 0 aromatic carbocycles. The summed E-state index contributed by atoms with van der Waals surface area (Å²) in [4.78, 5) is 6.36. The number of nitriles is 1. The number of rotatable bonds is 2. The minimum atomic E-state index is 0.214. The summed E-state index contributed by atoms with van der Waals surface area (Å²) in [5, 5.41) is 18.2. The molecule has 16 heavy (non-hydrogen) atoms. The van der Waals surface area contributed by atoms with Gasteiger partial charge >= 0.3 is 0 Å². The molecule has 1 atom stereocenters. The van der Waals surface area contributed by atoms with Crippen LogP contribution in [0.25, 0.3) is 0 Å². The largest absolute Gasteiger partial charge is 0.396 e. The summed E-state index contributed by atoms with van der Waals surface area (Å²) >= 11 is 0. The fourth-order valence-electron chi connectivity index (χ4n) is 2.14. The zero-order chi connectivity index (χ0) is 11.4. The molecule has 0 aliphatic carbocycles. The van der Waals surface area contributed by atoms with Gasteiger partial charge in [0.25, 0.3) is 0 Å². The summed E-state index contributed by atoms with van der Waals surface area (Å²) in [6.07, 6.45) is 3.81. The first kappa shape index (κ1) is 10.9. The Bertz CT molecular complexity index is 399.